The number of piperidine rings is 1. The number of nitrogens with zero attached hydrogens (tertiary/aromatic N) is 2. The van der Waals surface area contributed by atoms with E-state index in [4.69, 9.17) is 9.72 Å². The lowest BCUT2D eigenvalue weighted by Gasteiger charge is -2.56. The van der Waals surface area contributed by atoms with Gasteiger partial charge < -0.3 is 14.7 Å². The first-order valence-electron chi connectivity index (χ1n) is 10.4. The highest BCUT2D eigenvalue weighted by molar-refractivity contribution is 7.15. The van der Waals surface area contributed by atoms with Crippen LogP contribution in [0.5, 0.6) is 11.5 Å². The normalized spacial score (nSPS) is 31.1. The average molecular weight is 403 g/mol. The molecule has 1 fully saturated rings. The van der Waals surface area contributed by atoms with Crippen LogP contribution in [0.25, 0.3) is 10.6 Å². The maximum absolute atomic E-state index is 10.6. The molecule has 3 heterocycles. The largest absolute Gasteiger partial charge is 0.504 e. The molecule has 1 N–H and O–H groups in total. The van der Waals surface area contributed by atoms with E-state index in [1.165, 1.54) is 21.6 Å². The van der Waals surface area contributed by atoms with Crippen molar-refractivity contribution in [3.05, 3.63) is 64.2 Å². The molecular weight excluding hydrogens is 380 g/mol. The van der Waals surface area contributed by atoms with Gasteiger partial charge in [0.1, 0.15) is 5.01 Å². The molecule has 3 aromatic rings. The number of hydrogen-bond donors (Lipinski definition) is 1. The third-order valence-electron chi connectivity index (χ3n) is 7.79. The summed E-state index contributed by atoms with van der Waals surface area (Å²) in [7, 11) is 2.27. The zero-order valence-electron chi connectivity index (χ0n) is 16.3. The maximum Gasteiger partial charge on any atom is 0.166 e. The highest BCUT2D eigenvalue weighted by Crippen LogP contribution is 2.67. The molecule has 146 valence electrons. The molecule has 0 radical (unpaired) electrons. The van der Waals surface area contributed by atoms with Gasteiger partial charge in [-0.25, -0.2) is 4.98 Å². The molecule has 2 aromatic carbocycles. The number of aromatic nitrogens is 1. The van der Waals surface area contributed by atoms with Gasteiger partial charge in [-0.05, 0) is 50.4 Å². The fraction of sp³-hybridized carbons (Fsp3) is 0.375. The summed E-state index contributed by atoms with van der Waals surface area (Å²) in [4.78, 5) is 9.04. The van der Waals surface area contributed by atoms with Crippen LogP contribution in [0.2, 0.25) is 0 Å². The number of rotatable bonds is 1. The minimum atomic E-state index is -0.0801. The molecule has 2 aliphatic heterocycles. The Morgan fingerprint density at radius 1 is 1.17 bits per heavy atom. The van der Waals surface area contributed by atoms with E-state index in [1.54, 1.807) is 0 Å². The minimum Gasteiger partial charge on any atom is -0.504 e. The van der Waals surface area contributed by atoms with Gasteiger partial charge in [0.25, 0.3) is 0 Å². The van der Waals surface area contributed by atoms with Crippen LogP contribution in [0.15, 0.2) is 42.5 Å². The smallest absolute Gasteiger partial charge is 0.166 e. The highest BCUT2D eigenvalue weighted by Gasteiger charge is 2.65. The monoisotopic (exact) mass is 402 g/mol. The van der Waals surface area contributed by atoms with Gasteiger partial charge in [0, 0.05) is 27.5 Å². The molecule has 0 amide bonds. The molecule has 4 nitrogen and oxygen atoms in total. The van der Waals surface area contributed by atoms with Crippen molar-refractivity contribution in [2.75, 3.05) is 13.6 Å². The van der Waals surface area contributed by atoms with E-state index in [1.807, 2.05) is 23.5 Å². The number of fused-ring (bicyclic) bond motifs is 2. The van der Waals surface area contributed by atoms with Crippen molar-refractivity contribution < 1.29 is 9.84 Å². The van der Waals surface area contributed by atoms with Crippen molar-refractivity contribution in [2.45, 2.75) is 36.8 Å². The molecule has 1 spiro atoms. The van der Waals surface area contributed by atoms with E-state index in [-0.39, 0.29) is 17.3 Å². The standard InChI is InChI=1S/C24H22N2O2S/c1-26-10-9-24-15-12-18-20(25-23(29-18)13-5-3-2-4-6-13)22(24)28-21-17(27)8-7-14(19(21)24)11-16(15)26/h2-8,15-16,22,27H,9-12H2,1H3/t15-,16+,22-,24-/m0/s1. The van der Waals surface area contributed by atoms with Crippen molar-refractivity contribution in [3.8, 4) is 22.1 Å². The summed E-state index contributed by atoms with van der Waals surface area (Å²) < 4.78 is 6.60. The number of benzene rings is 2. The van der Waals surface area contributed by atoms with Crippen LogP contribution in [0.1, 0.15) is 34.2 Å². The topological polar surface area (TPSA) is 45.6 Å². The van der Waals surface area contributed by atoms with E-state index in [2.05, 4.69) is 42.3 Å². The average Bonchev–Trinajstić information content (AvgIpc) is 3.31. The number of likely N-dealkylation sites (tertiary alicyclic amines) is 1. The van der Waals surface area contributed by atoms with Gasteiger partial charge in [0.05, 0.1) is 5.69 Å². The zero-order chi connectivity index (χ0) is 19.3. The summed E-state index contributed by atoms with van der Waals surface area (Å²) in [6, 6.07) is 14.9. The number of likely N-dealkylation sites (N-methyl/N-ethyl adjacent to an activating group) is 1. The molecule has 5 heteroatoms. The molecule has 1 aromatic heterocycles. The highest BCUT2D eigenvalue weighted by atomic mass is 32.1. The molecule has 29 heavy (non-hydrogen) atoms. The lowest BCUT2D eigenvalue weighted by atomic mass is 9.52. The number of thiazole rings is 1. The van der Waals surface area contributed by atoms with Gasteiger partial charge in [-0.3, -0.25) is 0 Å². The number of hydrogen-bond acceptors (Lipinski definition) is 5. The number of phenolic OH excluding ortho intramolecular Hbond substituents is 1. The Balaban J connectivity index is 1.47. The maximum atomic E-state index is 10.6. The Hall–Kier alpha value is -2.37. The molecule has 7 rings (SSSR count). The summed E-state index contributed by atoms with van der Waals surface area (Å²) in [5, 5.41) is 11.7. The second-order valence-corrected chi connectivity index (χ2v) is 10.1. The molecular formula is C24H22N2O2S. The number of ether oxygens (including phenoxy) is 1. The lowest BCUT2D eigenvalue weighted by molar-refractivity contribution is -0.0249. The van der Waals surface area contributed by atoms with Crippen molar-refractivity contribution in [2.24, 2.45) is 5.92 Å². The quantitative estimate of drug-likeness (QED) is 0.659. The Labute approximate surface area is 173 Å². The molecule has 0 unspecified atom stereocenters. The second-order valence-electron chi connectivity index (χ2n) is 8.99. The van der Waals surface area contributed by atoms with Crippen molar-refractivity contribution in [1.82, 2.24) is 9.88 Å². The predicted octanol–water partition coefficient (Wildman–Crippen LogP) is 4.32. The van der Waals surface area contributed by atoms with E-state index >= 15 is 0 Å². The first-order chi connectivity index (χ1) is 14.2. The minimum absolute atomic E-state index is 0.0478. The van der Waals surface area contributed by atoms with Crippen molar-refractivity contribution >= 4 is 11.3 Å². The second kappa shape index (κ2) is 5.41. The van der Waals surface area contributed by atoms with Crippen LogP contribution in [-0.4, -0.2) is 34.6 Å². The molecule has 4 aliphatic rings. The zero-order valence-corrected chi connectivity index (χ0v) is 17.1. The van der Waals surface area contributed by atoms with Gasteiger partial charge >= 0.3 is 0 Å². The first kappa shape index (κ1) is 16.4. The van der Waals surface area contributed by atoms with Gasteiger partial charge in [0.2, 0.25) is 0 Å². The van der Waals surface area contributed by atoms with Crippen LogP contribution in [0, 0.1) is 5.92 Å². The summed E-state index contributed by atoms with van der Waals surface area (Å²) in [5.74, 6) is 1.52. The Morgan fingerprint density at radius 2 is 2.03 bits per heavy atom. The van der Waals surface area contributed by atoms with Crippen LogP contribution in [0.3, 0.4) is 0 Å². The van der Waals surface area contributed by atoms with Gasteiger partial charge in [-0.1, -0.05) is 36.4 Å². The Morgan fingerprint density at radius 3 is 2.90 bits per heavy atom. The van der Waals surface area contributed by atoms with Crippen LogP contribution in [-0.2, 0) is 18.3 Å². The third-order valence-corrected chi connectivity index (χ3v) is 8.94. The fourth-order valence-electron chi connectivity index (χ4n) is 6.53. The van der Waals surface area contributed by atoms with Crippen LogP contribution in [0.4, 0.5) is 0 Å². The predicted molar refractivity (Wildman–Crippen MR) is 113 cm³/mol. The van der Waals surface area contributed by atoms with E-state index in [9.17, 15) is 5.11 Å². The summed E-state index contributed by atoms with van der Waals surface area (Å²) in [6.07, 6.45) is 3.09. The van der Waals surface area contributed by atoms with Gasteiger partial charge in [-0.15, -0.1) is 11.3 Å². The number of aromatic hydroxyl groups is 1. The Bertz CT molecular complexity index is 1160. The molecule has 4 atom stereocenters. The molecule has 0 saturated carbocycles. The first-order valence-corrected chi connectivity index (χ1v) is 11.3. The molecule has 2 aliphatic carbocycles. The van der Waals surface area contributed by atoms with E-state index in [0.717, 1.165) is 42.3 Å². The van der Waals surface area contributed by atoms with E-state index < -0.39 is 0 Å². The molecule has 1 saturated heterocycles. The fourth-order valence-corrected chi connectivity index (χ4v) is 7.68. The lowest BCUT2D eigenvalue weighted by Crippen LogP contribution is -2.61. The van der Waals surface area contributed by atoms with Crippen molar-refractivity contribution in [3.63, 3.8) is 0 Å². The van der Waals surface area contributed by atoms with E-state index in [0.29, 0.717) is 12.0 Å². The van der Waals surface area contributed by atoms with Gasteiger partial charge in [-0.2, -0.15) is 0 Å². The number of phenols is 1. The molecule has 2 bridgehead atoms. The summed E-state index contributed by atoms with van der Waals surface area (Å²) in [5.41, 5.74) is 4.88. The van der Waals surface area contributed by atoms with Gasteiger partial charge in [0.15, 0.2) is 17.6 Å². The van der Waals surface area contributed by atoms with Crippen LogP contribution < -0.4 is 4.74 Å². The third kappa shape index (κ3) is 1.91. The van der Waals surface area contributed by atoms with Crippen molar-refractivity contribution in [1.29, 1.82) is 0 Å². The van der Waals surface area contributed by atoms with Crippen LogP contribution >= 0.6 is 11.3 Å². The summed E-state index contributed by atoms with van der Waals surface area (Å²) >= 11 is 1.82. The SMILES string of the molecule is CN1CC[C@]23c4c5ccc(O)c4O[C@H]2c2nc(-c4ccccc4)sc2C[C@H]3[C@H]1C5. The Kier molecular flexibility index (Phi) is 3.06. The summed E-state index contributed by atoms with van der Waals surface area (Å²) in [6.45, 7) is 1.07.